The minimum absolute atomic E-state index is 0.00302. The van der Waals surface area contributed by atoms with E-state index in [4.69, 9.17) is 23.7 Å². The fourth-order valence-corrected chi connectivity index (χ4v) is 4.41. The molecule has 2 aliphatic rings. The molecular formula is C21H27N3O11. The lowest BCUT2D eigenvalue weighted by molar-refractivity contribution is -0.178. The van der Waals surface area contributed by atoms with Crippen LogP contribution in [0.25, 0.3) is 0 Å². The summed E-state index contributed by atoms with van der Waals surface area (Å²) < 4.78 is 29.2. The van der Waals surface area contributed by atoms with Crippen LogP contribution in [0.5, 0.6) is 0 Å². The molecule has 35 heavy (non-hydrogen) atoms. The van der Waals surface area contributed by atoms with Gasteiger partial charge < -0.3 is 29.0 Å². The van der Waals surface area contributed by atoms with Crippen molar-refractivity contribution >= 4 is 23.8 Å². The molecule has 2 fully saturated rings. The first kappa shape index (κ1) is 26.1. The number of carbonyl (C=O) groups excluding carboxylic acids is 4. The number of rotatable bonds is 5. The molecule has 3 rings (SSSR count). The van der Waals surface area contributed by atoms with Gasteiger partial charge in [0.2, 0.25) is 5.91 Å². The summed E-state index contributed by atoms with van der Waals surface area (Å²) in [5.41, 5.74) is -3.22. The number of nitrogens with zero attached hydrogens (tertiary/aromatic N) is 1. The van der Waals surface area contributed by atoms with E-state index >= 15 is 0 Å². The number of H-pyrrole nitrogens is 1. The van der Waals surface area contributed by atoms with Crippen LogP contribution >= 0.6 is 0 Å². The van der Waals surface area contributed by atoms with Crippen LogP contribution in [0.15, 0.2) is 21.9 Å². The summed E-state index contributed by atoms with van der Waals surface area (Å²) in [6, 6.07) is 0.0882. The van der Waals surface area contributed by atoms with E-state index in [1.807, 2.05) is 0 Å². The smallest absolute Gasteiger partial charge is 0.330 e. The highest BCUT2D eigenvalue weighted by molar-refractivity contribution is 5.73. The third-order valence-corrected chi connectivity index (χ3v) is 5.55. The van der Waals surface area contributed by atoms with Gasteiger partial charge >= 0.3 is 23.6 Å². The van der Waals surface area contributed by atoms with E-state index in [9.17, 15) is 28.8 Å². The molecule has 0 bridgehead atoms. The molecule has 3 heterocycles. The summed E-state index contributed by atoms with van der Waals surface area (Å²) in [6.07, 6.45) is -3.76. The molecule has 0 aromatic carbocycles. The number of esters is 3. The van der Waals surface area contributed by atoms with Gasteiger partial charge in [-0.15, -0.1) is 0 Å². The van der Waals surface area contributed by atoms with Crippen LogP contribution in [0.1, 0.15) is 40.3 Å². The average Bonchev–Trinajstić information content (AvgIpc) is 2.89. The van der Waals surface area contributed by atoms with Crippen LogP contribution in [-0.2, 0) is 42.9 Å². The fraction of sp³-hybridized carbons (Fsp3) is 0.619. The van der Waals surface area contributed by atoms with Crippen molar-refractivity contribution in [1.29, 1.82) is 0 Å². The predicted molar refractivity (Wildman–Crippen MR) is 114 cm³/mol. The molecular weight excluding hydrogens is 470 g/mol. The molecule has 14 nitrogen and oxygen atoms in total. The number of nitrogens with one attached hydrogen (secondary N) is 2. The van der Waals surface area contributed by atoms with Gasteiger partial charge in [0.1, 0.15) is 6.10 Å². The van der Waals surface area contributed by atoms with E-state index in [-0.39, 0.29) is 19.6 Å². The van der Waals surface area contributed by atoms with E-state index in [0.29, 0.717) is 0 Å². The Balaban J connectivity index is 2.17. The van der Waals surface area contributed by atoms with Crippen molar-refractivity contribution in [2.24, 2.45) is 0 Å². The first-order valence-electron chi connectivity index (χ1n) is 10.8. The third-order valence-electron chi connectivity index (χ3n) is 5.55. The molecule has 0 radical (unpaired) electrons. The molecule has 1 spiro atoms. The van der Waals surface area contributed by atoms with Gasteiger partial charge in [-0.05, 0) is 0 Å². The van der Waals surface area contributed by atoms with Gasteiger partial charge in [0.25, 0.3) is 5.56 Å². The zero-order valence-corrected chi connectivity index (χ0v) is 19.6. The van der Waals surface area contributed by atoms with Gasteiger partial charge in [-0.1, -0.05) is 0 Å². The van der Waals surface area contributed by atoms with Crippen molar-refractivity contribution < 1.29 is 42.9 Å². The topological polar surface area (TPSA) is 181 Å². The van der Waals surface area contributed by atoms with Crippen molar-refractivity contribution in [3.05, 3.63) is 33.1 Å². The van der Waals surface area contributed by atoms with Gasteiger partial charge in [-0.2, -0.15) is 0 Å². The summed E-state index contributed by atoms with van der Waals surface area (Å²) in [6.45, 7) is 4.37. The van der Waals surface area contributed by atoms with Crippen LogP contribution in [0.3, 0.4) is 0 Å². The Morgan fingerprint density at radius 3 is 2.29 bits per heavy atom. The predicted octanol–water partition coefficient (Wildman–Crippen LogP) is -1.48. The zero-order valence-electron chi connectivity index (χ0n) is 19.6. The molecule has 1 amide bonds. The molecule has 192 valence electrons. The lowest BCUT2D eigenvalue weighted by Crippen LogP contribution is -2.62. The van der Waals surface area contributed by atoms with Gasteiger partial charge in [0.15, 0.2) is 24.0 Å². The Morgan fingerprint density at radius 1 is 1.06 bits per heavy atom. The summed E-state index contributed by atoms with van der Waals surface area (Å²) >= 11 is 0. The maximum atomic E-state index is 12.6. The number of amides is 1. The summed E-state index contributed by atoms with van der Waals surface area (Å²) in [5, 5.41) is 2.72. The third kappa shape index (κ3) is 5.77. The Bertz CT molecular complexity index is 1110. The highest BCUT2D eigenvalue weighted by Gasteiger charge is 2.64. The quantitative estimate of drug-likeness (QED) is 0.358. The molecule has 6 atom stereocenters. The maximum absolute atomic E-state index is 12.6. The average molecular weight is 497 g/mol. The molecule has 1 aromatic heterocycles. The van der Waals surface area contributed by atoms with E-state index in [2.05, 4.69) is 10.3 Å². The zero-order chi connectivity index (χ0) is 25.9. The fourth-order valence-electron chi connectivity index (χ4n) is 4.41. The number of hydrogen-bond acceptors (Lipinski definition) is 11. The van der Waals surface area contributed by atoms with Crippen LogP contribution in [0.4, 0.5) is 0 Å². The van der Waals surface area contributed by atoms with Crippen molar-refractivity contribution in [2.45, 2.75) is 70.3 Å². The summed E-state index contributed by atoms with van der Waals surface area (Å²) in [7, 11) is 0. The van der Waals surface area contributed by atoms with Gasteiger partial charge in [0, 0.05) is 46.4 Å². The molecule has 2 aliphatic heterocycles. The molecule has 2 saturated heterocycles. The van der Waals surface area contributed by atoms with Crippen molar-refractivity contribution in [3.63, 3.8) is 0 Å². The number of carbonyl (C=O) groups is 4. The number of hydrogen-bond donors (Lipinski definition) is 2. The first-order chi connectivity index (χ1) is 16.4. The van der Waals surface area contributed by atoms with Gasteiger partial charge in [0.05, 0.1) is 19.3 Å². The molecule has 2 unspecified atom stereocenters. The molecule has 14 heteroatoms. The first-order valence-corrected chi connectivity index (χ1v) is 10.8. The highest BCUT2D eigenvalue weighted by Crippen LogP contribution is 2.45. The Labute approximate surface area is 198 Å². The second-order valence-electron chi connectivity index (χ2n) is 8.32. The minimum Gasteiger partial charge on any atom is -0.460 e. The lowest BCUT2D eigenvalue weighted by atomic mass is 9.85. The monoisotopic (exact) mass is 497 g/mol. The minimum atomic E-state index is -1.67. The van der Waals surface area contributed by atoms with E-state index in [1.54, 1.807) is 0 Å². The van der Waals surface area contributed by atoms with Crippen LogP contribution in [-0.4, -0.2) is 76.5 Å². The highest BCUT2D eigenvalue weighted by atomic mass is 16.7. The van der Waals surface area contributed by atoms with Crippen molar-refractivity contribution in [3.8, 4) is 0 Å². The van der Waals surface area contributed by atoms with E-state index in [1.165, 1.54) is 13.8 Å². The number of ether oxygens (including phenoxy) is 5. The van der Waals surface area contributed by atoms with Gasteiger partial charge in [-0.3, -0.25) is 33.5 Å². The second kappa shape index (κ2) is 10.4. The Kier molecular flexibility index (Phi) is 7.75. The van der Waals surface area contributed by atoms with Gasteiger partial charge in [-0.25, -0.2) is 4.79 Å². The van der Waals surface area contributed by atoms with Crippen molar-refractivity contribution in [1.82, 2.24) is 14.9 Å². The standard InChI is InChI=1S/C21H27N3O11/c1-10(25)22-15-7-14(32-11(2)26)8-31-9-21(15)18(34-13(4)28)17(33-12(3)27)19(35-21)24-6-5-16(29)23-20(24)30/h5-6,14-15,17-19H,7-9H2,1-4H3,(H,22,25)(H,23,29,30)/t14?,15?,17-,18-,19-,21-/m1/s1. The molecule has 1 aromatic rings. The normalized spacial score (nSPS) is 30.2. The summed E-state index contributed by atoms with van der Waals surface area (Å²) in [4.78, 5) is 74.0. The lowest BCUT2D eigenvalue weighted by Gasteiger charge is -2.39. The maximum Gasteiger partial charge on any atom is 0.330 e. The van der Waals surface area contributed by atoms with Crippen LogP contribution < -0.4 is 16.6 Å². The summed E-state index contributed by atoms with van der Waals surface area (Å²) in [5.74, 6) is -2.57. The van der Waals surface area contributed by atoms with Crippen LogP contribution in [0, 0.1) is 0 Å². The number of aromatic nitrogens is 2. The molecule has 0 aliphatic carbocycles. The second-order valence-corrected chi connectivity index (χ2v) is 8.32. The number of aromatic amines is 1. The Morgan fingerprint density at radius 2 is 1.71 bits per heavy atom. The van der Waals surface area contributed by atoms with E-state index in [0.717, 1.165) is 30.7 Å². The molecule has 2 N–H and O–H groups in total. The SMILES string of the molecule is CC(=O)NC1CC(OC(C)=O)COC[C@@]12O[C@@H](n1ccc(=O)[nH]c1=O)[C@H](OC(C)=O)[C@H]2OC(C)=O. The van der Waals surface area contributed by atoms with Crippen LogP contribution in [0.2, 0.25) is 0 Å². The van der Waals surface area contributed by atoms with E-state index < -0.39 is 71.2 Å². The molecule has 0 saturated carbocycles. The van der Waals surface area contributed by atoms with Crippen molar-refractivity contribution in [2.75, 3.05) is 13.2 Å². The Hall–Kier alpha value is -3.52. The largest absolute Gasteiger partial charge is 0.460 e.